The molecule has 2 unspecified atom stereocenters. The molecule has 1 heterocycles. The smallest absolute Gasteiger partial charge is 0.143 e. The fourth-order valence-electron chi connectivity index (χ4n) is 17.0. The van der Waals surface area contributed by atoms with E-state index in [1.807, 2.05) is 0 Å². The van der Waals surface area contributed by atoms with Gasteiger partial charge in [-0.2, -0.15) is 0 Å². The lowest BCUT2D eigenvalue weighted by atomic mass is 9.53. The van der Waals surface area contributed by atoms with Gasteiger partial charge in [-0.05, 0) is 170 Å². The lowest BCUT2D eigenvalue weighted by Crippen LogP contribution is -2.46. The second-order valence-electron chi connectivity index (χ2n) is 22.8. The molecule has 71 heavy (non-hydrogen) atoms. The van der Waals surface area contributed by atoms with Gasteiger partial charge in [-0.1, -0.05) is 178 Å². The number of rotatable bonds is 4. The van der Waals surface area contributed by atoms with Crippen LogP contribution in [0.4, 0.5) is 17.1 Å². The molecule has 2 spiro atoms. The zero-order valence-electron chi connectivity index (χ0n) is 40.6. The van der Waals surface area contributed by atoms with Gasteiger partial charge in [0.05, 0.1) is 5.41 Å². The zero-order valence-corrected chi connectivity index (χ0v) is 40.6. The number of anilines is 3. The highest BCUT2D eigenvalue weighted by atomic mass is 16.3. The molecule has 16 rings (SSSR count). The summed E-state index contributed by atoms with van der Waals surface area (Å²) in [5, 5.41) is 2.29. The van der Waals surface area contributed by atoms with E-state index < -0.39 is 5.41 Å². The lowest BCUT2D eigenvalue weighted by molar-refractivity contribution is 0.0823. The largest absolute Gasteiger partial charge is 0.455 e. The van der Waals surface area contributed by atoms with Gasteiger partial charge in [-0.3, -0.25) is 0 Å². The fourth-order valence-corrected chi connectivity index (χ4v) is 17.0. The molecule has 6 aliphatic rings. The van der Waals surface area contributed by atoms with Crippen LogP contribution in [0.3, 0.4) is 0 Å². The molecule has 3 saturated carbocycles. The number of fused-ring (bicyclic) bond motifs is 15. The molecule has 342 valence electrons. The SMILES string of the molecule is C[C@H]1C[C@@H]2C[C@@H]3C[C@H](C1)C21c2ccc(N(c4cccc(-c5cccc6c5oc5ccccc56)c4)c4ccc5c(c4)C(C)(C)c4ccccc4-5)cc2C2(c4ccccc4-c4ccccc42)c2ccccc2C31. The van der Waals surface area contributed by atoms with Gasteiger partial charge < -0.3 is 9.32 Å². The minimum Gasteiger partial charge on any atom is -0.455 e. The van der Waals surface area contributed by atoms with E-state index in [0.717, 1.165) is 44.7 Å². The zero-order chi connectivity index (χ0) is 47.0. The fraction of sp³-hybridized carbons (Fsp3) is 0.217. The highest BCUT2D eigenvalue weighted by Gasteiger charge is 2.70. The Morgan fingerprint density at radius 2 is 1.00 bits per heavy atom. The second kappa shape index (κ2) is 14.1. The topological polar surface area (TPSA) is 16.4 Å². The Hall–Kier alpha value is -7.42. The van der Waals surface area contributed by atoms with E-state index in [9.17, 15) is 0 Å². The molecule has 0 radical (unpaired) electrons. The third-order valence-corrected chi connectivity index (χ3v) is 19.3. The maximum absolute atomic E-state index is 6.71. The van der Waals surface area contributed by atoms with E-state index >= 15 is 0 Å². The summed E-state index contributed by atoms with van der Waals surface area (Å²) in [5.74, 6) is 3.27. The van der Waals surface area contributed by atoms with Crippen LogP contribution in [0.2, 0.25) is 0 Å². The molecule has 3 fully saturated rings. The molecule has 0 saturated heterocycles. The minimum atomic E-state index is -0.500. The maximum atomic E-state index is 6.71. The van der Waals surface area contributed by atoms with Crippen LogP contribution in [0, 0.1) is 23.7 Å². The van der Waals surface area contributed by atoms with Crippen LogP contribution >= 0.6 is 0 Å². The van der Waals surface area contributed by atoms with Crippen molar-refractivity contribution in [2.75, 3.05) is 4.90 Å². The third-order valence-electron chi connectivity index (χ3n) is 19.3. The van der Waals surface area contributed by atoms with Crippen LogP contribution < -0.4 is 4.90 Å². The summed E-state index contributed by atoms with van der Waals surface area (Å²) in [6.07, 6.45) is 5.31. The molecule has 2 nitrogen and oxygen atoms in total. The van der Waals surface area contributed by atoms with Crippen molar-refractivity contribution >= 4 is 39.0 Å². The van der Waals surface area contributed by atoms with Crippen molar-refractivity contribution in [2.45, 2.75) is 68.6 Å². The molecule has 6 aliphatic carbocycles. The Kier molecular flexibility index (Phi) is 8.03. The van der Waals surface area contributed by atoms with E-state index in [1.165, 1.54) is 92.7 Å². The molecule has 1 aromatic heterocycles. The van der Waals surface area contributed by atoms with Crippen LogP contribution in [0.15, 0.2) is 205 Å². The monoisotopic (exact) mass is 913 g/mol. The highest BCUT2D eigenvalue weighted by Crippen LogP contribution is 2.77. The van der Waals surface area contributed by atoms with Crippen LogP contribution in [0.1, 0.15) is 96.9 Å². The van der Waals surface area contributed by atoms with E-state index in [4.69, 9.17) is 4.42 Å². The van der Waals surface area contributed by atoms with Crippen LogP contribution in [-0.2, 0) is 16.2 Å². The Morgan fingerprint density at radius 1 is 0.437 bits per heavy atom. The Bertz CT molecular complexity index is 3840. The molecular weight excluding hydrogens is 859 g/mol. The maximum Gasteiger partial charge on any atom is 0.143 e. The summed E-state index contributed by atoms with van der Waals surface area (Å²) < 4.78 is 6.71. The van der Waals surface area contributed by atoms with E-state index in [-0.39, 0.29) is 10.8 Å². The van der Waals surface area contributed by atoms with Crippen LogP contribution in [0.25, 0.3) is 55.3 Å². The molecule has 6 atom stereocenters. The normalized spacial score (nSPS) is 23.9. The van der Waals surface area contributed by atoms with Gasteiger partial charge in [0.1, 0.15) is 11.2 Å². The highest BCUT2D eigenvalue weighted by molar-refractivity contribution is 6.09. The summed E-state index contributed by atoms with van der Waals surface area (Å²) in [4.78, 5) is 2.59. The standard InChI is InChI=1S/C69H55NO/c1-41-34-44-36-43-37-45(35-41)68(44)61-33-31-48(40-63(61)69(60-28-12-7-22-56(60)65(43)68)58-26-10-5-19-51(58)52-20-6-11-27-59(52)69)70(47-30-32-53-50-18-4-9-25-57(50)67(2,3)62(53)39-47)46-17-14-16-42(38-46)49-23-15-24-55-54-21-8-13-29-64(54)71-66(49)55/h4-33,38-41,43-45,65H,34-37H2,1-3H3/t41-,43+,44+,45-,65?,68?. The minimum absolute atomic E-state index is 0.0799. The van der Waals surface area contributed by atoms with Gasteiger partial charge in [-0.15, -0.1) is 0 Å². The molecule has 2 heteroatoms. The van der Waals surface area contributed by atoms with E-state index in [2.05, 4.69) is 226 Å². The first-order chi connectivity index (χ1) is 34.8. The Balaban J connectivity index is 0.995. The van der Waals surface area contributed by atoms with E-state index in [1.54, 1.807) is 11.1 Å². The number of hydrogen-bond acceptors (Lipinski definition) is 2. The van der Waals surface area contributed by atoms with Crippen LogP contribution in [0.5, 0.6) is 0 Å². The number of hydrogen-bond donors (Lipinski definition) is 0. The summed E-state index contributed by atoms with van der Waals surface area (Å²) in [6.45, 7) is 7.36. The third kappa shape index (κ3) is 5.03. The second-order valence-corrected chi connectivity index (χ2v) is 22.8. The summed E-state index contributed by atoms with van der Waals surface area (Å²) in [6, 6.07) is 77.2. The first-order valence-electron chi connectivity index (χ1n) is 26.3. The van der Waals surface area contributed by atoms with Crippen molar-refractivity contribution < 1.29 is 4.42 Å². The number of nitrogens with zero attached hydrogens (tertiary/aromatic N) is 1. The van der Waals surface area contributed by atoms with Gasteiger partial charge in [0, 0.05) is 44.2 Å². The number of para-hydroxylation sites is 2. The van der Waals surface area contributed by atoms with Gasteiger partial charge in [0.25, 0.3) is 0 Å². The van der Waals surface area contributed by atoms with Crippen molar-refractivity contribution in [1.29, 1.82) is 0 Å². The average Bonchev–Trinajstić information content (AvgIpc) is 4.17. The van der Waals surface area contributed by atoms with E-state index in [0.29, 0.717) is 23.7 Å². The van der Waals surface area contributed by atoms with Crippen molar-refractivity contribution in [3.63, 3.8) is 0 Å². The number of benzene rings is 9. The molecular formula is C69H55NO. The molecule has 0 aliphatic heterocycles. The predicted octanol–water partition coefficient (Wildman–Crippen LogP) is 17.8. The van der Waals surface area contributed by atoms with Crippen molar-refractivity contribution in [3.05, 3.63) is 245 Å². The van der Waals surface area contributed by atoms with Crippen molar-refractivity contribution in [2.24, 2.45) is 23.7 Å². The first-order valence-corrected chi connectivity index (χ1v) is 26.3. The molecule has 0 N–H and O–H groups in total. The molecule has 0 amide bonds. The molecule has 10 aromatic rings. The van der Waals surface area contributed by atoms with Gasteiger partial charge in [0.2, 0.25) is 0 Å². The van der Waals surface area contributed by atoms with Gasteiger partial charge >= 0.3 is 0 Å². The van der Waals surface area contributed by atoms with Crippen molar-refractivity contribution in [1.82, 2.24) is 0 Å². The van der Waals surface area contributed by atoms with Gasteiger partial charge in [-0.25, -0.2) is 0 Å². The summed E-state index contributed by atoms with van der Waals surface area (Å²) in [5.41, 5.74) is 24.2. The average molecular weight is 914 g/mol. The quantitative estimate of drug-likeness (QED) is 0.175. The Labute approximate surface area is 416 Å². The van der Waals surface area contributed by atoms with Gasteiger partial charge in [0.15, 0.2) is 0 Å². The molecule has 9 aromatic carbocycles. The predicted molar refractivity (Wildman–Crippen MR) is 291 cm³/mol. The van der Waals surface area contributed by atoms with Crippen LogP contribution in [-0.4, -0.2) is 0 Å². The summed E-state index contributed by atoms with van der Waals surface area (Å²) in [7, 11) is 0. The Morgan fingerprint density at radius 3 is 1.76 bits per heavy atom. The lowest BCUT2D eigenvalue weighted by Gasteiger charge is -2.51. The first kappa shape index (κ1) is 40.3. The number of furan rings is 1. The molecule has 2 bridgehead atoms. The summed E-state index contributed by atoms with van der Waals surface area (Å²) >= 11 is 0. The van der Waals surface area contributed by atoms with Crippen molar-refractivity contribution in [3.8, 4) is 33.4 Å².